The first kappa shape index (κ1) is 18.0. The molecule has 2 aromatic rings. The highest BCUT2D eigenvalue weighted by Crippen LogP contribution is 2.35. The number of methoxy groups -OCH3 is 1. The summed E-state index contributed by atoms with van der Waals surface area (Å²) in [7, 11) is -1.97. The van der Waals surface area contributed by atoms with Crippen LogP contribution in [0, 0.1) is 6.92 Å². The molecule has 1 fully saturated rings. The molecular weight excluding hydrogens is 334 g/mol. The largest absolute Gasteiger partial charge is 0.497 e. The van der Waals surface area contributed by atoms with Crippen LogP contribution in [0.4, 0.5) is 0 Å². The molecule has 1 aliphatic heterocycles. The minimum Gasteiger partial charge on any atom is -0.497 e. The van der Waals surface area contributed by atoms with Gasteiger partial charge in [0.15, 0.2) is 0 Å². The van der Waals surface area contributed by atoms with Crippen LogP contribution < -0.4 is 4.74 Å². The minimum atomic E-state index is -3.54. The summed E-state index contributed by atoms with van der Waals surface area (Å²) in [6.07, 6.45) is 3.88. The molecule has 0 spiro atoms. The van der Waals surface area contributed by atoms with Gasteiger partial charge in [0.1, 0.15) is 5.75 Å². The predicted molar refractivity (Wildman–Crippen MR) is 99.3 cm³/mol. The second kappa shape index (κ2) is 7.58. The van der Waals surface area contributed by atoms with Crippen molar-refractivity contribution in [3.8, 4) is 5.75 Å². The lowest BCUT2D eigenvalue weighted by Gasteiger charge is -2.29. The molecule has 0 N–H and O–H groups in total. The second-order valence-electron chi connectivity index (χ2n) is 6.57. The third kappa shape index (κ3) is 3.88. The quantitative estimate of drug-likeness (QED) is 0.817. The Labute approximate surface area is 150 Å². The highest BCUT2D eigenvalue weighted by Gasteiger charge is 2.33. The Morgan fingerprint density at radius 2 is 1.80 bits per heavy atom. The number of benzene rings is 2. The Morgan fingerprint density at radius 1 is 1.04 bits per heavy atom. The van der Waals surface area contributed by atoms with Crippen molar-refractivity contribution < 1.29 is 13.2 Å². The van der Waals surface area contributed by atoms with Crippen molar-refractivity contribution in [2.24, 2.45) is 0 Å². The van der Waals surface area contributed by atoms with Gasteiger partial charge in [-0.2, -0.15) is 4.31 Å². The molecule has 134 valence electrons. The lowest BCUT2D eigenvalue weighted by molar-refractivity contribution is 0.329. The molecule has 0 saturated carbocycles. The molecule has 0 radical (unpaired) electrons. The second-order valence-corrected chi connectivity index (χ2v) is 8.46. The maximum Gasteiger partial charge on any atom is 0.243 e. The van der Waals surface area contributed by atoms with E-state index in [4.69, 9.17) is 4.74 Å². The van der Waals surface area contributed by atoms with Crippen molar-refractivity contribution in [1.29, 1.82) is 0 Å². The van der Waals surface area contributed by atoms with Gasteiger partial charge in [0.25, 0.3) is 0 Å². The van der Waals surface area contributed by atoms with Crippen LogP contribution in [-0.2, 0) is 10.0 Å². The summed E-state index contributed by atoms with van der Waals surface area (Å²) in [5.74, 6) is 0.657. The van der Waals surface area contributed by atoms with Crippen LogP contribution in [0.2, 0.25) is 0 Å². The van der Waals surface area contributed by atoms with Crippen molar-refractivity contribution in [3.05, 3.63) is 59.7 Å². The van der Waals surface area contributed by atoms with E-state index >= 15 is 0 Å². The smallest absolute Gasteiger partial charge is 0.243 e. The minimum absolute atomic E-state index is 0.102. The maximum atomic E-state index is 13.3. The van der Waals surface area contributed by atoms with Crippen molar-refractivity contribution in [2.45, 2.75) is 43.5 Å². The summed E-state index contributed by atoms with van der Waals surface area (Å²) in [5.41, 5.74) is 2.24. The zero-order chi connectivity index (χ0) is 17.9. The van der Waals surface area contributed by atoms with Gasteiger partial charge in [-0.1, -0.05) is 42.7 Å². The fourth-order valence-electron chi connectivity index (χ4n) is 3.46. The molecule has 1 saturated heterocycles. The zero-order valence-corrected chi connectivity index (χ0v) is 15.6. The van der Waals surface area contributed by atoms with Crippen LogP contribution in [0.1, 0.15) is 42.9 Å². The summed E-state index contributed by atoms with van der Waals surface area (Å²) in [5, 5.41) is 0. The van der Waals surface area contributed by atoms with Gasteiger partial charge in [0.2, 0.25) is 10.0 Å². The molecule has 0 amide bonds. The summed E-state index contributed by atoms with van der Waals surface area (Å²) in [6, 6.07) is 14.8. The van der Waals surface area contributed by atoms with E-state index in [0.29, 0.717) is 17.2 Å². The zero-order valence-electron chi connectivity index (χ0n) is 14.8. The average Bonchev–Trinajstić information content (AvgIpc) is 2.88. The third-order valence-corrected chi connectivity index (χ3v) is 6.72. The molecule has 1 unspecified atom stereocenters. The third-order valence-electron chi connectivity index (χ3n) is 4.80. The molecule has 0 aliphatic carbocycles. The first-order chi connectivity index (χ1) is 12.0. The Bertz CT molecular complexity index is 815. The molecule has 0 bridgehead atoms. The van der Waals surface area contributed by atoms with E-state index in [0.717, 1.165) is 36.8 Å². The van der Waals surface area contributed by atoms with Gasteiger partial charge in [-0.3, -0.25) is 0 Å². The van der Waals surface area contributed by atoms with Gasteiger partial charge < -0.3 is 4.74 Å². The summed E-state index contributed by atoms with van der Waals surface area (Å²) < 4.78 is 33.4. The van der Waals surface area contributed by atoms with E-state index in [-0.39, 0.29) is 6.04 Å². The van der Waals surface area contributed by atoms with E-state index < -0.39 is 10.0 Å². The SMILES string of the molecule is COc1ccc(S(=O)(=O)N2CCCCCC2c2cccc(C)c2)cc1. The van der Waals surface area contributed by atoms with Crippen molar-refractivity contribution >= 4 is 10.0 Å². The van der Waals surface area contributed by atoms with Gasteiger partial charge >= 0.3 is 0 Å². The van der Waals surface area contributed by atoms with Gasteiger partial charge in [-0.05, 0) is 49.6 Å². The first-order valence-electron chi connectivity index (χ1n) is 8.75. The van der Waals surface area contributed by atoms with Crippen molar-refractivity contribution in [2.75, 3.05) is 13.7 Å². The number of rotatable bonds is 4. The molecule has 1 aliphatic rings. The van der Waals surface area contributed by atoms with Crippen LogP contribution >= 0.6 is 0 Å². The van der Waals surface area contributed by atoms with E-state index in [1.165, 1.54) is 0 Å². The molecule has 1 heterocycles. The molecular formula is C20H25NO3S. The van der Waals surface area contributed by atoms with E-state index in [1.54, 1.807) is 35.7 Å². The first-order valence-corrected chi connectivity index (χ1v) is 10.2. The van der Waals surface area contributed by atoms with Crippen molar-refractivity contribution in [3.63, 3.8) is 0 Å². The summed E-state index contributed by atoms with van der Waals surface area (Å²) in [4.78, 5) is 0.327. The van der Waals surface area contributed by atoms with Crippen LogP contribution in [0.3, 0.4) is 0 Å². The highest BCUT2D eigenvalue weighted by molar-refractivity contribution is 7.89. The summed E-state index contributed by atoms with van der Waals surface area (Å²) >= 11 is 0. The average molecular weight is 359 g/mol. The molecule has 4 nitrogen and oxygen atoms in total. The molecule has 3 rings (SSSR count). The van der Waals surface area contributed by atoms with Gasteiger partial charge in [0, 0.05) is 6.54 Å². The fourth-order valence-corrected chi connectivity index (χ4v) is 5.15. The number of ether oxygens (including phenoxy) is 1. The lowest BCUT2D eigenvalue weighted by atomic mass is 10.0. The Kier molecular flexibility index (Phi) is 5.45. The molecule has 1 atom stereocenters. The Morgan fingerprint density at radius 3 is 2.48 bits per heavy atom. The summed E-state index contributed by atoms with van der Waals surface area (Å²) in [6.45, 7) is 2.61. The highest BCUT2D eigenvalue weighted by atomic mass is 32.2. The van der Waals surface area contributed by atoms with Gasteiger partial charge in [-0.15, -0.1) is 0 Å². The van der Waals surface area contributed by atoms with E-state index in [9.17, 15) is 8.42 Å². The topological polar surface area (TPSA) is 46.6 Å². The van der Waals surface area contributed by atoms with Crippen molar-refractivity contribution in [1.82, 2.24) is 4.31 Å². The van der Waals surface area contributed by atoms with Crippen LogP contribution in [0.5, 0.6) is 5.75 Å². The van der Waals surface area contributed by atoms with Gasteiger partial charge in [-0.25, -0.2) is 8.42 Å². The number of aryl methyl sites for hydroxylation is 1. The molecule has 5 heteroatoms. The number of hydrogen-bond donors (Lipinski definition) is 0. The standard InChI is InChI=1S/C20H25NO3S/c1-16-7-6-8-17(15-16)20-9-4-3-5-14-21(20)25(22,23)19-12-10-18(24-2)11-13-19/h6-8,10-13,15,20H,3-5,9,14H2,1-2H3. The van der Waals surface area contributed by atoms with E-state index in [2.05, 4.69) is 6.07 Å². The van der Waals surface area contributed by atoms with Crippen LogP contribution in [0.15, 0.2) is 53.4 Å². The number of nitrogens with zero attached hydrogens (tertiary/aromatic N) is 1. The maximum absolute atomic E-state index is 13.3. The van der Waals surface area contributed by atoms with Crippen LogP contribution in [-0.4, -0.2) is 26.4 Å². The normalized spacial score (nSPS) is 19.4. The number of hydrogen-bond acceptors (Lipinski definition) is 3. The molecule has 25 heavy (non-hydrogen) atoms. The predicted octanol–water partition coefficient (Wildman–Crippen LogP) is 4.31. The molecule has 0 aromatic heterocycles. The Balaban J connectivity index is 1.99. The lowest BCUT2D eigenvalue weighted by Crippen LogP contribution is -2.34. The van der Waals surface area contributed by atoms with E-state index in [1.807, 2.05) is 25.1 Å². The molecule has 2 aromatic carbocycles. The monoisotopic (exact) mass is 359 g/mol. The fraction of sp³-hybridized carbons (Fsp3) is 0.400. The Hall–Kier alpha value is -1.85. The van der Waals surface area contributed by atoms with Crippen LogP contribution in [0.25, 0.3) is 0 Å². The van der Waals surface area contributed by atoms with Gasteiger partial charge in [0.05, 0.1) is 18.0 Å². The number of sulfonamides is 1.